The van der Waals surface area contributed by atoms with Crippen LogP contribution >= 0.6 is 0 Å². The summed E-state index contributed by atoms with van der Waals surface area (Å²) in [4.78, 5) is 17.3. The molecule has 0 bridgehead atoms. The second-order valence-electron chi connectivity index (χ2n) is 7.45. The van der Waals surface area contributed by atoms with Crippen molar-refractivity contribution < 1.29 is 9.90 Å². The number of carboxylic acid groups (broad SMARTS) is 1. The molecule has 27 heavy (non-hydrogen) atoms. The van der Waals surface area contributed by atoms with Gasteiger partial charge in [0, 0.05) is 50.6 Å². The fraction of sp³-hybridized carbons (Fsp3) is 0.409. The molecule has 2 aromatic rings. The molecule has 0 aliphatic carbocycles. The third-order valence-electron chi connectivity index (χ3n) is 5.90. The zero-order valence-corrected chi connectivity index (χ0v) is 15.6. The van der Waals surface area contributed by atoms with Crippen LogP contribution in [0.1, 0.15) is 24.3 Å². The van der Waals surface area contributed by atoms with Crippen LogP contribution < -0.4 is 9.80 Å². The molecule has 0 spiro atoms. The first-order chi connectivity index (χ1) is 13.2. The number of amides is 1. The van der Waals surface area contributed by atoms with Crippen molar-refractivity contribution in [2.24, 2.45) is 0 Å². The van der Waals surface area contributed by atoms with Crippen molar-refractivity contribution in [2.45, 2.75) is 18.8 Å². The normalized spacial score (nSPS) is 18.6. The van der Waals surface area contributed by atoms with Crippen molar-refractivity contribution in [3.05, 3.63) is 60.2 Å². The number of anilines is 2. The van der Waals surface area contributed by atoms with Gasteiger partial charge in [-0.15, -0.1) is 0 Å². The Bertz CT molecular complexity index is 747. The fourth-order valence-corrected chi connectivity index (χ4v) is 4.23. The number of benzene rings is 2. The van der Waals surface area contributed by atoms with Crippen LogP contribution in [0.3, 0.4) is 0 Å². The highest BCUT2D eigenvalue weighted by molar-refractivity contribution is 5.65. The Kier molecular flexibility index (Phi) is 5.19. The SMILES string of the molecule is O=C(O)N1CCN(c2ccc(N3CCC(c4ccccc4)CC3)cc2)CC1. The molecule has 2 fully saturated rings. The van der Waals surface area contributed by atoms with Crippen molar-refractivity contribution in [1.82, 2.24) is 4.90 Å². The second kappa shape index (κ2) is 7.91. The Morgan fingerprint density at radius 2 is 1.26 bits per heavy atom. The Morgan fingerprint density at radius 1 is 0.741 bits per heavy atom. The molecule has 0 radical (unpaired) electrons. The lowest BCUT2D eigenvalue weighted by Gasteiger charge is -2.36. The van der Waals surface area contributed by atoms with Crippen molar-refractivity contribution in [3.63, 3.8) is 0 Å². The molecule has 2 aromatic carbocycles. The van der Waals surface area contributed by atoms with E-state index in [1.54, 1.807) is 0 Å². The third kappa shape index (κ3) is 4.02. The molecule has 0 unspecified atom stereocenters. The number of hydrogen-bond acceptors (Lipinski definition) is 3. The van der Waals surface area contributed by atoms with E-state index in [0.717, 1.165) is 26.2 Å². The van der Waals surface area contributed by atoms with E-state index in [9.17, 15) is 4.79 Å². The predicted octanol–water partition coefficient (Wildman–Crippen LogP) is 3.87. The molecular weight excluding hydrogens is 338 g/mol. The number of hydrogen-bond donors (Lipinski definition) is 1. The highest BCUT2D eigenvalue weighted by Crippen LogP contribution is 2.31. The van der Waals surface area contributed by atoms with Gasteiger partial charge in [0.25, 0.3) is 0 Å². The van der Waals surface area contributed by atoms with Crippen molar-refractivity contribution in [2.75, 3.05) is 49.1 Å². The molecule has 5 heteroatoms. The smallest absolute Gasteiger partial charge is 0.407 e. The average molecular weight is 365 g/mol. The monoisotopic (exact) mass is 365 g/mol. The maximum atomic E-state index is 11.0. The zero-order valence-electron chi connectivity index (χ0n) is 15.6. The summed E-state index contributed by atoms with van der Waals surface area (Å²) < 4.78 is 0. The maximum absolute atomic E-state index is 11.0. The predicted molar refractivity (Wildman–Crippen MR) is 109 cm³/mol. The van der Waals surface area contributed by atoms with Crippen molar-refractivity contribution >= 4 is 17.5 Å². The van der Waals surface area contributed by atoms with Gasteiger partial charge in [-0.05, 0) is 48.6 Å². The van der Waals surface area contributed by atoms with Crippen LogP contribution in [-0.4, -0.2) is 55.4 Å². The number of carbonyl (C=O) groups is 1. The lowest BCUT2D eigenvalue weighted by molar-refractivity contribution is 0.142. The average Bonchev–Trinajstić information content (AvgIpc) is 2.75. The molecule has 2 aliphatic rings. The van der Waals surface area contributed by atoms with E-state index in [1.165, 1.54) is 34.7 Å². The standard InChI is InChI=1S/C22H27N3O2/c26-22(27)25-16-14-24(15-17-25)21-8-6-20(7-9-21)23-12-10-19(11-13-23)18-4-2-1-3-5-18/h1-9,19H,10-17H2,(H,26,27). The first-order valence-corrected chi connectivity index (χ1v) is 9.83. The first-order valence-electron chi connectivity index (χ1n) is 9.83. The van der Waals surface area contributed by atoms with Crippen LogP contribution in [0, 0.1) is 0 Å². The Balaban J connectivity index is 1.33. The van der Waals surface area contributed by atoms with Gasteiger partial charge in [0.15, 0.2) is 0 Å². The first kappa shape index (κ1) is 17.7. The quantitative estimate of drug-likeness (QED) is 0.897. The van der Waals surface area contributed by atoms with Gasteiger partial charge in [0.2, 0.25) is 0 Å². The molecule has 2 saturated heterocycles. The van der Waals surface area contributed by atoms with E-state index in [2.05, 4.69) is 64.4 Å². The molecule has 2 heterocycles. The lowest BCUT2D eigenvalue weighted by Crippen LogP contribution is -2.48. The van der Waals surface area contributed by atoms with Gasteiger partial charge >= 0.3 is 6.09 Å². The minimum absolute atomic E-state index is 0.573. The molecule has 0 aromatic heterocycles. The van der Waals surface area contributed by atoms with Gasteiger partial charge in [-0.1, -0.05) is 30.3 Å². The Morgan fingerprint density at radius 3 is 1.78 bits per heavy atom. The highest BCUT2D eigenvalue weighted by Gasteiger charge is 2.22. The van der Waals surface area contributed by atoms with Crippen molar-refractivity contribution in [3.8, 4) is 0 Å². The molecule has 5 nitrogen and oxygen atoms in total. The van der Waals surface area contributed by atoms with Crippen molar-refractivity contribution in [1.29, 1.82) is 0 Å². The molecule has 0 atom stereocenters. The minimum Gasteiger partial charge on any atom is -0.465 e. The summed E-state index contributed by atoms with van der Waals surface area (Å²) in [7, 11) is 0. The van der Waals surface area contributed by atoms with Crippen LogP contribution in [0.15, 0.2) is 54.6 Å². The molecule has 1 N–H and O–H groups in total. The van der Waals surface area contributed by atoms with Crippen LogP contribution in [-0.2, 0) is 0 Å². The molecule has 2 aliphatic heterocycles. The topological polar surface area (TPSA) is 47.0 Å². The summed E-state index contributed by atoms with van der Waals surface area (Å²) >= 11 is 0. The molecular formula is C22H27N3O2. The Labute approximate surface area is 160 Å². The minimum atomic E-state index is -0.816. The molecule has 142 valence electrons. The van der Waals surface area contributed by atoms with Gasteiger partial charge in [-0.2, -0.15) is 0 Å². The second-order valence-corrected chi connectivity index (χ2v) is 7.45. The fourth-order valence-electron chi connectivity index (χ4n) is 4.23. The highest BCUT2D eigenvalue weighted by atomic mass is 16.4. The number of rotatable bonds is 3. The Hall–Kier alpha value is -2.69. The van der Waals surface area contributed by atoms with Crippen LogP contribution in [0.2, 0.25) is 0 Å². The van der Waals surface area contributed by atoms with E-state index < -0.39 is 6.09 Å². The van der Waals surface area contributed by atoms with E-state index in [1.807, 2.05) is 0 Å². The van der Waals surface area contributed by atoms with Gasteiger partial charge in [0.05, 0.1) is 0 Å². The van der Waals surface area contributed by atoms with Crippen LogP contribution in [0.5, 0.6) is 0 Å². The van der Waals surface area contributed by atoms with Crippen LogP contribution in [0.4, 0.5) is 16.2 Å². The zero-order chi connectivity index (χ0) is 18.6. The lowest BCUT2D eigenvalue weighted by atomic mass is 9.89. The number of nitrogens with zero attached hydrogens (tertiary/aromatic N) is 3. The molecule has 1 amide bonds. The van der Waals surface area contributed by atoms with Gasteiger partial charge in [-0.3, -0.25) is 0 Å². The summed E-state index contributed by atoms with van der Waals surface area (Å²) in [5, 5.41) is 9.07. The van der Waals surface area contributed by atoms with Gasteiger partial charge in [-0.25, -0.2) is 4.79 Å². The third-order valence-corrected chi connectivity index (χ3v) is 5.90. The van der Waals surface area contributed by atoms with Crippen LogP contribution in [0.25, 0.3) is 0 Å². The number of piperazine rings is 1. The summed E-state index contributed by atoms with van der Waals surface area (Å²) in [6, 6.07) is 19.6. The largest absolute Gasteiger partial charge is 0.465 e. The molecule has 4 rings (SSSR count). The van der Waals surface area contributed by atoms with Gasteiger partial charge < -0.3 is 19.8 Å². The number of piperidine rings is 1. The van der Waals surface area contributed by atoms with E-state index in [4.69, 9.17) is 5.11 Å². The van der Waals surface area contributed by atoms with E-state index in [0.29, 0.717) is 19.0 Å². The summed E-state index contributed by atoms with van der Waals surface area (Å²) in [5.74, 6) is 0.673. The molecule has 0 saturated carbocycles. The van der Waals surface area contributed by atoms with Gasteiger partial charge in [0.1, 0.15) is 0 Å². The van der Waals surface area contributed by atoms with E-state index in [-0.39, 0.29) is 0 Å². The maximum Gasteiger partial charge on any atom is 0.407 e. The summed E-state index contributed by atoms with van der Waals surface area (Å²) in [6.07, 6.45) is 1.58. The van der Waals surface area contributed by atoms with E-state index >= 15 is 0 Å². The summed E-state index contributed by atoms with van der Waals surface area (Å²) in [6.45, 7) is 4.85. The summed E-state index contributed by atoms with van der Waals surface area (Å²) in [5.41, 5.74) is 3.94.